The van der Waals surface area contributed by atoms with Crippen LogP contribution in [0.5, 0.6) is 0 Å². The van der Waals surface area contributed by atoms with E-state index in [1.165, 1.54) is 12.4 Å². The van der Waals surface area contributed by atoms with Gasteiger partial charge in [-0.2, -0.15) is 5.10 Å². The molecule has 0 N–H and O–H groups in total. The predicted molar refractivity (Wildman–Crippen MR) is 96.0 cm³/mol. The molecule has 0 aromatic carbocycles. The van der Waals surface area contributed by atoms with Crippen LogP contribution in [0.3, 0.4) is 0 Å². The Morgan fingerprint density at radius 3 is 2.89 bits per heavy atom. The van der Waals surface area contributed by atoms with Crippen LogP contribution in [0.2, 0.25) is 0 Å². The summed E-state index contributed by atoms with van der Waals surface area (Å²) in [5.74, 6) is 0.430. The monoisotopic (exact) mass is 365 g/mol. The molecule has 1 aliphatic heterocycles. The molecule has 0 saturated heterocycles. The lowest BCUT2D eigenvalue weighted by Gasteiger charge is -2.20. The minimum absolute atomic E-state index is 0.113. The maximum Gasteiger partial charge on any atom is 0.272 e. The van der Waals surface area contributed by atoms with Gasteiger partial charge in [0.15, 0.2) is 0 Å². The van der Waals surface area contributed by atoms with Crippen molar-refractivity contribution in [3.8, 4) is 0 Å². The molecule has 0 unspecified atom stereocenters. The van der Waals surface area contributed by atoms with E-state index in [9.17, 15) is 9.59 Å². The third-order valence-electron chi connectivity index (χ3n) is 4.47. The smallest absolute Gasteiger partial charge is 0.272 e. The molecule has 0 atom stereocenters. The molecular weight excluding hydrogens is 346 g/mol. The van der Waals surface area contributed by atoms with E-state index < -0.39 is 0 Å². The van der Waals surface area contributed by atoms with Crippen molar-refractivity contribution >= 4 is 5.91 Å². The molecule has 27 heavy (non-hydrogen) atoms. The second-order valence-electron chi connectivity index (χ2n) is 6.49. The standard InChI is InChI=1S/C18H19N7O2/c1-13-4-2-5-15(21-13)18(27)23-6-3-7-25-16(10-23)22-14(8-17(25)26)9-24-12-19-11-20-24/h2,4-5,8,11-12H,3,6-7,9-10H2,1H3. The van der Waals surface area contributed by atoms with Crippen LogP contribution in [0, 0.1) is 6.92 Å². The highest BCUT2D eigenvalue weighted by molar-refractivity contribution is 5.92. The second-order valence-corrected chi connectivity index (χ2v) is 6.49. The van der Waals surface area contributed by atoms with Gasteiger partial charge in [-0.15, -0.1) is 0 Å². The topological polar surface area (TPSA) is 98.8 Å². The summed E-state index contributed by atoms with van der Waals surface area (Å²) >= 11 is 0. The number of aryl methyl sites for hydroxylation is 1. The van der Waals surface area contributed by atoms with Crippen LogP contribution in [0.4, 0.5) is 0 Å². The number of fused-ring (bicyclic) bond motifs is 1. The number of aromatic nitrogens is 6. The van der Waals surface area contributed by atoms with E-state index in [4.69, 9.17) is 0 Å². The number of hydrogen-bond acceptors (Lipinski definition) is 6. The highest BCUT2D eigenvalue weighted by Crippen LogP contribution is 2.13. The van der Waals surface area contributed by atoms with Crippen molar-refractivity contribution in [3.63, 3.8) is 0 Å². The van der Waals surface area contributed by atoms with Gasteiger partial charge in [0.25, 0.3) is 11.5 Å². The van der Waals surface area contributed by atoms with Gasteiger partial charge in [0.2, 0.25) is 0 Å². The van der Waals surface area contributed by atoms with Crippen molar-refractivity contribution in [2.45, 2.75) is 33.0 Å². The van der Waals surface area contributed by atoms with Gasteiger partial charge in [0.1, 0.15) is 24.2 Å². The van der Waals surface area contributed by atoms with Gasteiger partial charge in [-0.05, 0) is 25.5 Å². The Morgan fingerprint density at radius 2 is 2.11 bits per heavy atom. The van der Waals surface area contributed by atoms with E-state index in [-0.39, 0.29) is 18.0 Å². The number of carbonyl (C=O) groups excluding carboxylic acids is 1. The fourth-order valence-electron chi connectivity index (χ4n) is 3.19. The van der Waals surface area contributed by atoms with E-state index in [1.807, 2.05) is 19.1 Å². The summed E-state index contributed by atoms with van der Waals surface area (Å²) in [6.45, 7) is 3.57. The Morgan fingerprint density at radius 1 is 1.22 bits per heavy atom. The van der Waals surface area contributed by atoms with Gasteiger partial charge in [0.05, 0.1) is 18.8 Å². The molecular formula is C18H19N7O2. The Kier molecular flexibility index (Phi) is 4.49. The molecule has 3 aromatic rings. The van der Waals surface area contributed by atoms with Crippen molar-refractivity contribution in [1.82, 2.24) is 34.2 Å². The molecule has 0 saturated carbocycles. The maximum absolute atomic E-state index is 12.9. The Labute approximate surface area is 155 Å². The number of nitrogens with zero attached hydrogens (tertiary/aromatic N) is 7. The number of rotatable bonds is 3. The quantitative estimate of drug-likeness (QED) is 0.675. The molecule has 1 amide bonds. The molecule has 0 radical (unpaired) electrons. The largest absolute Gasteiger partial charge is 0.330 e. The molecule has 0 aliphatic carbocycles. The van der Waals surface area contributed by atoms with Crippen LogP contribution in [0.25, 0.3) is 0 Å². The Hall–Kier alpha value is -3.36. The van der Waals surface area contributed by atoms with Gasteiger partial charge < -0.3 is 4.90 Å². The zero-order valence-corrected chi connectivity index (χ0v) is 14.9. The van der Waals surface area contributed by atoms with Crippen molar-refractivity contribution in [1.29, 1.82) is 0 Å². The lowest BCUT2D eigenvalue weighted by atomic mass is 10.2. The van der Waals surface area contributed by atoms with Crippen LogP contribution in [0.15, 0.2) is 41.7 Å². The van der Waals surface area contributed by atoms with E-state index in [2.05, 4.69) is 20.1 Å². The van der Waals surface area contributed by atoms with Gasteiger partial charge in [-0.1, -0.05) is 6.07 Å². The molecule has 3 aromatic heterocycles. The van der Waals surface area contributed by atoms with Crippen LogP contribution < -0.4 is 5.56 Å². The molecule has 138 valence electrons. The normalized spacial score (nSPS) is 13.9. The molecule has 4 rings (SSSR count). The van der Waals surface area contributed by atoms with Crippen molar-refractivity contribution in [2.75, 3.05) is 6.54 Å². The Balaban J connectivity index is 1.63. The van der Waals surface area contributed by atoms with Crippen molar-refractivity contribution in [2.24, 2.45) is 0 Å². The minimum Gasteiger partial charge on any atom is -0.330 e. The summed E-state index contributed by atoms with van der Waals surface area (Å²) in [6, 6.07) is 6.90. The SMILES string of the molecule is Cc1cccc(C(=O)N2CCCn3c(nc(Cn4cncn4)cc3=O)C2)n1. The summed E-state index contributed by atoms with van der Waals surface area (Å²) in [7, 11) is 0. The summed E-state index contributed by atoms with van der Waals surface area (Å²) in [5, 5.41) is 4.05. The third kappa shape index (κ3) is 3.62. The van der Waals surface area contributed by atoms with Crippen LogP contribution in [0.1, 0.15) is 34.1 Å². The molecule has 0 fully saturated rings. The first-order chi connectivity index (χ1) is 13.1. The molecule has 9 nitrogen and oxygen atoms in total. The highest BCUT2D eigenvalue weighted by Gasteiger charge is 2.23. The first kappa shape index (κ1) is 17.1. The fraction of sp³-hybridized carbons (Fsp3) is 0.333. The van der Waals surface area contributed by atoms with E-state index in [0.29, 0.717) is 43.3 Å². The predicted octanol–water partition coefficient (Wildman–Crippen LogP) is 0.633. The average molecular weight is 365 g/mol. The van der Waals surface area contributed by atoms with Crippen LogP contribution in [-0.4, -0.2) is 46.7 Å². The third-order valence-corrected chi connectivity index (χ3v) is 4.47. The zero-order valence-electron chi connectivity index (χ0n) is 14.9. The van der Waals surface area contributed by atoms with Crippen LogP contribution in [-0.2, 0) is 19.6 Å². The average Bonchev–Trinajstić information content (AvgIpc) is 3.05. The number of pyridine rings is 1. The van der Waals surface area contributed by atoms with Gasteiger partial charge in [0, 0.05) is 24.8 Å². The van der Waals surface area contributed by atoms with Crippen molar-refractivity contribution < 1.29 is 4.79 Å². The molecule has 0 bridgehead atoms. The van der Waals surface area contributed by atoms with Gasteiger partial charge in [-0.25, -0.2) is 19.6 Å². The van der Waals surface area contributed by atoms with E-state index in [0.717, 1.165) is 5.69 Å². The summed E-state index contributed by atoms with van der Waals surface area (Å²) < 4.78 is 3.25. The number of carbonyl (C=O) groups is 1. The summed E-state index contributed by atoms with van der Waals surface area (Å²) in [5.41, 5.74) is 1.68. The fourth-order valence-corrected chi connectivity index (χ4v) is 3.19. The van der Waals surface area contributed by atoms with E-state index >= 15 is 0 Å². The van der Waals surface area contributed by atoms with Gasteiger partial charge in [-0.3, -0.25) is 14.2 Å². The lowest BCUT2D eigenvalue weighted by molar-refractivity contribution is 0.0737. The molecule has 4 heterocycles. The zero-order chi connectivity index (χ0) is 18.8. The molecule has 0 spiro atoms. The minimum atomic E-state index is -0.150. The molecule has 9 heteroatoms. The first-order valence-corrected chi connectivity index (χ1v) is 8.75. The Bertz CT molecular complexity index is 1030. The van der Waals surface area contributed by atoms with E-state index in [1.54, 1.807) is 26.5 Å². The first-order valence-electron chi connectivity index (χ1n) is 8.75. The maximum atomic E-state index is 12.9. The lowest BCUT2D eigenvalue weighted by Crippen LogP contribution is -2.33. The molecule has 1 aliphatic rings. The summed E-state index contributed by atoms with van der Waals surface area (Å²) in [4.78, 5) is 39.9. The highest BCUT2D eigenvalue weighted by atomic mass is 16.2. The van der Waals surface area contributed by atoms with Crippen LogP contribution >= 0.6 is 0 Å². The van der Waals surface area contributed by atoms with Crippen molar-refractivity contribution in [3.05, 3.63) is 70.2 Å². The second kappa shape index (κ2) is 7.10. The number of hydrogen-bond donors (Lipinski definition) is 0. The summed E-state index contributed by atoms with van der Waals surface area (Å²) in [6.07, 6.45) is 3.70. The number of amides is 1. The van der Waals surface area contributed by atoms with Gasteiger partial charge >= 0.3 is 0 Å².